The molecule has 110 valence electrons. The normalized spacial score (nSPS) is 23.3. The minimum Gasteiger partial charge on any atom is -0.395 e. The molecule has 2 saturated heterocycles. The first-order valence-corrected chi connectivity index (χ1v) is 8.64. The van der Waals surface area contributed by atoms with E-state index in [1.807, 2.05) is 16.7 Å². The fraction of sp³-hybridized carbons (Fsp3) is 0.929. The third-order valence-electron chi connectivity index (χ3n) is 4.16. The first-order chi connectivity index (χ1) is 9.29. The lowest BCUT2D eigenvalue weighted by Crippen LogP contribution is -2.37. The van der Waals surface area contributed by atoms with E-state index < -0.39 is 0 Å². The molecule has 0 atom stereocenters. The number of hydrogen-bond acceptors (Lipinski definition) is 4. The van der Waals surface area contributed by atoms with Crippen molar-refractivity contribution in [2.24, 2.45) is 5.92 Å². The summed E-state index contributed by atoms with van der Waals surface area (Å²) >= 11 is 2.02. The molecule has 19 heavy (non-hydrogen) atoms. The summed E-state index contributed by atoms with van der Waals surface area (Å²) in [6.45, 7) is 4.59. The van der Waals surface area contributed by atoms with Crippen molar-refractivity contribution in [1.82, 2.24) is 9.80 Å². The fourth-order valence-corrected chi connectivity index (χ4v) is 4.12. The minimum atomic E-state index is 0.216. The standard InChI is InChI=1S/C14H26N2O2S/c17-9-8-15-4-1-5-16(7-6-15)14(18)12-13-2-10-19-11-3-13/h13,17H,1-12H2. The zero-order valence-electron chi connectivity index (χ0n) is 11.7. The molecular weight excluding hydrogens is 260 g/mol. The second-order valence-corrected chi connectivity index (χ2v) is 6.78. The molecule has 0 spiro atoms. The molecule has 0 bridgehead atoms. The number of rotatable bonds is 4. The van der Waals surface area contributed by atoms with Gasteiger partial charge in [0.25, 0.3) is 0 Å². The smallest absolute Gasteiger partial charge is 0.222 e. The Balaban J connectivity index is 1.75. The van der Waals surface area contributed by atoms with Crippen LogP contribution in [0.4, 0.5) is 0 Å². The maximum absolute atomic E-state index is 12.3. The Kier molecular flexibility index (Phi) is 6.47. The number of aliphatic hydroxyl groups excluding tert-OH is 1. The van der Waals surface area contributed by atoms with Gasteiger partial charge in [0.1, 0.15) is 0 Å². The lowest BCUT2D eigenvalue weighted by molar-refractivity contribution is -0.132. The van der Waals surface area contributed by atoms with Gasteiger partial charge in [0, 0.05) is 32.6 Å². The highest BCUT2D eigenvalue weighted by atomic mass is 32.2. The molecule has 2 aliphatic rings. The van der Waals surface area contributed by atoms with E-state index in [-0.39, 0.29) is 6.61 Å². The predicted octanol–water partition coefficient (Wildman–Crippen LogP) is 1.05. The maximum atomic E-state index is 12.3. The molecule has 1 amide bonds. The third kappa shape index (κ3) is 4.97. The van der Waals surface area contributed by atoms with Gasteiger partial charge in [-0.2, -0.15) is 11.8 Å². The van der Waals surface area contributed by atoms with Crippen molar-refractivity contribution in [1.29, 1.82) is 0 Å². The summed E-state index contributed by atoms with van der Waals surface area (Å²) in [5, 5.41) is 8.98. The van der Waals surface area contributed by atoms with E-state index in [4.69, 9.17) is 5.11 Å². The van der Waals surface area contributed by atoms with Crippen LogP contribution in [-0.2, 0) is 4.79 Å². The summed E-state index contributed by atoms with van der Waals surface area (Å²) in [6, 6.07) is 0. The zero-order chi connectivity index (χ0) is 13.5. The van der Waals surface area contributed by atoms with Gasteiger partial charge in [-0.25, -0.2) is 0 Å². The van der Waals surface area contributed by atoms with Crippen LogP contribution in [0.2, 0.25) is 0 Å². The van der Waals surface area contributed by atoms with E-state index in [2.05, 4.69) is 4.90 Å². The number of carbonyl (C=O) groups excluding carboxylic acids is 1. The van der Waals surface area contributed by atoms with E-state index in [0.717, 1.165) is 45.6 Å². The van der Waals surface area contributed by atoms with Crippen molar-refractivity contribution in [2.75, 3.05) is 50.8 Å². The monoisotopic (exact) mass is 286 g/mol. The van der Waals surface area contributed by atoms with Crippen LogP contribution in [0.15, 0.2) is 0 Å². The summed E-state index contributed by atoms with van der Waals surface area (Å²) in [5.74, 6) is 3.41. The van der Waals surface area contributed by atoms with Crippen LogP contribution in [0.5, 0.6) is 0 Å². The maximum Gasteiger partial charge on any atom is 0.222 e. The molecule has 0 radical (unpaired) electrons. The first-order valence-electron chi connectivity index (χ1n) is 7.48. The van der Waals surface area contributed by atoms with E-state index >= 15 is 0 Å². The Bertz CT molecular complexity index is 283. The van der Waals surface area contributed by atoms with Crippen molar-refractivity contribution >= 4 is 17.7 Å². The summed E-state index contributed by atoms with van der Waals surface area (Å²) in [7, 11) is 0. The Labute approximate surface area is 120 Å². The van der Waals surface area contributed by atoms with Gasteiger partial charge >= 0.3 is 0 Å². The first kappa shape index (κ1) is 15.1. The quantitative estimate of drug-likeness (QED) is 0.839. The average molecular weight is 286 g/mol. The third-order valence-corrected chi connectivity index (χ3v) is 5.21. The Morgan fingerprint density at radius 3 is 2.68 bits per heavy atom. The van der Waals surface area contributed by atoms with Gasteiger partial charge in [-0.15, -0.1) is 0 Å². The second-order valence-electron chi connectivity index (χ2n) is 5.56. The molecule has 0 unspecified atom stereocenters. The van der Waals surface area contributed by atoms with Gasteiger partial charge in [0.2, 0.25) is 5.91 Å². The van der Waals surface area contributed by atoms with Crippen molar-refractivity contribution in [3.05, 3.63) is 0 Å². The summed E-state index contributed by atoms with van der Waals surface area (Å²) < 4.78 is 0. The fourth-order valence-electron chi connectivity index (χ4n) is 2.91. The van der Waals surface area contributed by atoms with Gasteiger partial charge in [-0.3, -0.25) is 9.69 Å². The van der Waals surface area contributed by atoms with Crippen LogP contribution in [0, 0.1) is 5.92 Å². The summed E-state index contributed by atoms with van der Waals surface area (Å²) in [6.07, 6.45) is 4.20. The lowest BCUT2D eigenvalue weighted by atomic mass is 9.98. The molecule has 1 N–H and O–H groups in total. The van der Waals surface area contributed by atoms with Crippen molar-refractivity contribution in [2.45, 2.75) is 25.7 Å². The topological polar surface area (TPSA) is 43.8 Å². The highest BCUT2D eigenvalue weighted by Crippen LogP contribution is 2.26. The van der Waals surface area contributed by atoms with E-state index in [9.17, 15) is 4.79 Å². The zero-order valence-corrected chi connectivity index (χ0v) is 12.5. The van der Waals surface area contributed by atoms with Crippen molar-refractivity contribution in [3.63, 3.8) is 0 Å². The van der Waals surface area contributed by atoms with E-state index in [0.29, 0.717) is 11.8 Å². The highest BCUT2D eigenvalue weighted by molar-refractivity contribution is 7.99. The summed E-state index contributed by atoms with van der Waals surface area (Å²) in [4.78, 5) is 16.6. The number of carbonyl (C=O) groups is 1. The van der Waals surface area contributed by atoms with Crippen LogP contribution in [0.25, 0.3) is 0 Å². The second kappa shape index (κ2) is 8.12. The van der Waals surface area contributed by atoms with Crippen LogP contribution in [-0.4, -0.2) is 71.6 Å². The van der Waals surface area contributed by atoms with E-state index in [1.165, 1.54) is 24.3 Å². The van der Waals surface area contributed by atoms with Crippen LogP contribution in [0.1, 0.15) is 25.7 Å². The number of amides is 1. The van der Waals surface area contributed by atoms with Crippen LogP contribution >= 0.6 is 11.8 Å². The SMILES string of the molecule is O=C(CC1CCSCC1)N1CCCN(CCO)CC1. The molecule has 2 fully saturated rings. The molecule has 5 heteroatoms. The molecule has 0 aliphatic carbocycles. The predicted molar refractivity (Wildman–Crippen MR) is 79.4 cm³/mol. The number of nitrogens with zero attached hydrogens (tertiary/aromatic N) is 2. The van der Waals surface area contributed by atoms with Gasteiger partial charge in [-0.1, -0.05) is 0 Å². The van der Waals surface area contributed by atoms with E-state index in [1.54, 1.807) is 0 Å². The largest absolute Gasteiger partial charge is 0.395 e. The van der Waals surface area contributed by atoms with Gasteiger partial charge in [0.05, 0.1) is 6.61 Å². The van der Waals surface area contributed by atoms with Crippen LogP contribution in [0.3, 0.4) is 0 Å². The number of β-amino-alcohol motifs (C(OH)–C–C–N with tert-alkyl or cyclic N) is 1. The highest BCUT2D eigenvalue weighted by Gasteiger charge is 2.23. The molecule has 0 aromatic heterocycles. The molecular formula is C14H26N2O2S. The van der Waals surface area contributed by atoms with Gasteiger partial charge in [0.15, 0.2) is 0 Å². The molecule has 4 nitrogen and oxygen atoms in total. The van der Waals surface area contributed by atoms with Gasteiger partial charge in [-0.05, 0) is 43.2 Å². The van der Waals surface area contributed by atoms with Crippen molar-refractivity contribution < 1.29 is 9.90 Å². The average Bonchev–Trinajstić information content (AvgIpc) is 2.66. The molecule has 2 rings (SSSR count). The molecule has 0 aromatic carbocycles. The Hall–Kier alpha value is -0.260. The number of aliphatic hydroxyl groups is 1. The number of thioether (sulfide) groups is 1. The van der Waals surface area contributed by atoms with Crippen molar-refractivity contribution in [3.8, 4) is 0 Å². The molecule has 2 heterocycles. The van der Waals surface area contributed by atoms with Gasteiger partial charge < -0.3 is 10.0 Å². The molecule has 0 aromatic rings. The molecule has 0 saturated carbocycles. The Morgan fingerprint density at radius 1 is 1.16 bits per heavy atom. The van der Waals surface area contributed by atoms with Crippen LogP contribution < -0.4 is 0 Å². The minimum absolute atomic E-state index is 0.216. The Morgan fingerprint density at radius 2 is 1.95 bits per heavy atom. The summed E-state index contributed by atoms with van der Waals surface area (Å²) in [5.41, 5.74) is 0. The molecule has 2 aliphatic heterocycles. The lowest BCUT2D eigenvalue weighted by Gasteiger charge is -2.26. The number of hydrogen-bond donors (Lipinski definition) is 1.